The minimum absolute atomic E-state index is 0.0274. The molecule has 0 unspecified atom stereocenters. The van der Waals surface area contributed by atoms with E-state index in [1.165, 1.54) is 11.0 Å². The van der Waals surface area contributed by atoms with Crippen LogP contribution in [0.2, 0.25) is 0 Å². The van der Waals surface area contributed by atoms with E-state index in [2.05, 4.69) is 4.74 Å². The van der Waals surface area contributed by atoms with Crippen LogP contribution in [0.25, 0.3) is 11.0 Å². The molecule has 0 atom stereocenters. The molecule has 1 fully saturated rings. The lowest BCUT2D eigenvalue weighted by Gasteiger charge is -2.33. The maximum atomic E-state index is 12.8. The predicted molar refractivity (Wildman–Crippen MR) is 110 cm³/mol. The van der Waals surface area contributed by atoms with E-state index in [4.69, 9.17) is 4.42 Å². The molecule has 0 radical (unpaired) electrons. The number of rotatable bonds is 4. The highest BCUT2D eigenvalue weighted by atomic mass is 32.2. The average Bonchev–Trinajstić information content (AvgIpc) is 2.77. The maximum Gasteiger partial charge on any atom is 0.573 e. The summed E-state index contributed by atoms with van der Waals surface area (Å²) in [6, 6.07) is 12.1. The Morgan fingerprint density at radius 3 is 2.24 bits per heavy atom. The molecule has 33 heavy (non-hydrogen) atoms. The molecular formula is C21H17F3N2O6S. The number of alkyl halides is 3. The number of benzene rings is 2. The van der Waals surface area contributed by atoms with Gasteiger partial charge in [-0.25, -0.2) is 13.2 Å². The van der Waals surface area contributed by atoms with Crippen molar-refractivity contribution in [3.05, 3.63) is 70.6 Å². The lowest BCUT2D eigenvalue weighted by molar-refractivity contribution is -0.274. The maximum absolute atomic E-state index is 12.8. The zero-order valence-electron chi connectivity index (χ0n) is 16.9. The largest absolute Gasteiger partial charge is 0.573 e. The Hall–Kier alpha value is -3.38. The number of nitrogens with zero attached hydrogens (tertiary/aromatic N) is 2. The van der Waals surface area contributed by atoms with Crippen LogP contribution in [0.5, 0.6) is 5.75 Å². The Bertz CT molecular complexity index is 1340. The van der Waals surface area contributed by atoms with Gasteiger partial charge in [0.15, 0.2) is 0 Å². The topological polar surface area (TPSA) is 97.1 Å². The monoisotopic (exact) mass is 482 g/mol. The van der Waals surface area contributed by atoms with Crippen molar-refractivity contribution in [2.75, 3.05) is 26.2 Å². The summed E-state index contributed by atoms with van der Waals surface area (Å²) in [5, 5.41) is 0.583. The molecule has 0 N–H and O–H groups in total. The zero-order chi connectivity index (χ0) is 23.8. The molecule has 174 valence electrons. The Morgan fingerprint density at radius 2 is 1.61 bits per heavy atom. The normalized spacial score (nSPS) is 15.5. The Morgan fingerprint density at radius 1 is 0.970 bits per heavy atom. The van der Waals surface area contributed by atoms with E-state index in [-0.39, 0.29) is 36.6 Å². The lowest BCUT2D eigenvalue weighted by atomic mass is 10.1. The minimum Gasteiger partial charge on any atom is -0.422 e. The molecule has 1 aliphatic rings. The fraction of sp³-hybridized carbons (Fsp3) is 0.238. The van der Waals surface area contributed by atoms with E-state index >= 15 is 0 Å². The first-order chi connectivity index (χ1) is 15.5. The predicted octanol–water partition coefficient (Wildman–Crippen LogP) is 2.84. The van der Waals surface area contributed by atoms with Crippen LogP contribution in [0.3, 0.4) is 0 Å². The summed E-state index contributed by atoms with van der Waals surface area (Å²) in [7, 11) is -3.99. The van der Waals surface area contributed by atoms with Crippen LogP contribution in [-0.4, -0.2) is 56.1 Å². The van der Waals surface area contributed by atoms with Crippen LogP contribution in [0.4, 0.5) is 13.2 Å². The van der Waals surface area contributed by atoms with Crippen molar-refractivity contribution in [3.63, 3.8) is 0 Å². The fourth-order valence-electron chi connectivity index (χ4n) is 3.48. The number of halogens is 3. The molecule has 1 saturated heterocycles. The smallest absolute Gasteiger partial charge is 0.422 e. The van der Waals surface area contributed by atoms with Gasteiger partial charge in [0.25, 0.3) is 5.91 Å². The molecule has 3 aromatic rings. The zero-order valence-corrected chi connectivity index (χ0v) is 17.7. The molecule has 4 rings (SSSR count). The van der Waals surface area contributed by atoms with Crippen LogP contribution in [0.1, 0.15) is 10.4 Å². The van der Waals surface area contributed by atoms with E-state index in [1.807, 2.05) is 0 Å². The van der Waals surface area contributed by atoms with Gasteiger partial charge in [-0.2, -0.15) is 4.31 Å². The van der Waals surface area contributed by atoms with Gasteiger partial charge in [0, 0.05) is 31.6 Å². The van der Waals surface area contributed by atoms with E-state index < -0.39 is 33.7 Å². The third kappa shape index (κ3) is 4.86. The first-order valence-electron chi connectivity index (χ1n) is 9.73. The van der Waals surface area contributed by atoms with Gasteiger partial charge in [-0.15, -0.1) is 13.2 Å². The van der Waals surface area contributed by atoms with Crippen molar-refractivity contribution >= 4 is 26.9 Å². The summed E-state index contributed by atoms with van der Waals surface area (Å²) in [6.45, 7) is -0.0409. The van der Waals surface area contributed by atoms with Gasteiger partial charge in [-0.05, 0) is 36.4 Å². The highest BCUT2D eigenvalue weighted by Crippen LogP contribution is 2.25. The van der Waals surface area contributed by atoms with Crippen LogP contribution < -0.4 is 10.4 Å². The van der Waals surface area contributed by atoms with Crippen LogP contribution in [0.15, 0.2) is 68.7 Å². The fourth-order valence-corrected chi connectivity index (χ4v) is 4.90. The molecule has 0 aliphatic carbocycles. The second-order valence-electron chi connectivity index (χ2n) is 7.20. The van der Waals surface area contributed by atoms with Gasteiger partial charge in [-0.3, -0.25) is 4.79 Å². The molecule has 0 spiro atoms. The number of carbonyl (C=O) groups is 1. The SMILES string of the molecule is O=C(c1cc2ccccc2oc1=O)N1CCN(S(=O)(=O)c2ccc(OC(F)(F)F)cc2)CC1. The summed E-state index contributed by atoms with van der Waals surface area (Å²) < 4.78 is 72.6. The van der Waals surface area contributed by atoms with Gasteiger partial charge in [0.1, 0.15) is 16.9 Å². The molecule has 1 aromatic heterocycles. The first-order valence-corrected chi connectivity index (χ1v) is 11.2. The average molecular weight is 482 g/mol. The molecular weight excluding hydrogens is 465 g/mol. The van der Waals surface area contributed by atoms with Crippen molar-refractivity contribution in [3.8, 4) is 5.75 Å². The van der Waals surface area contributed by atoms with Crippen LogP contribution in [-0.2, 0) is 10.0 Å². The summed E-state index contributed by atoms with van der Waals surface area (Å²) in [5.74, 6) is -1.11. The summed E-state index contributed by atoms with van der Waals surface area (Å²) in [6.07, 6.45) is -4.88. The van der Waals surface area contributed by atoms with E-state index in [0.29, 0.717) is 11.0 Å². The standard InChI is InChI=1S/C21H17F3N2O6S/c22-21(23,24)32-15-5-7-16(8-6-15)33(29,30)26-11-9-25(10-12-26)19(27)17-13-14-3-1-2-4-18(14)31-20(17)28/h1-8,13H,9-12H2. The van der Waals surface area contributed by atoms with Gasteiger partial charge < -0.3 is 14.1 Å². The second-order valence-corrected chi connectivity index (χ2v) is 9.14. The molecule has 12 heteroatoms. The number of hydrogen-bond acceptors (Lipinski definition) is 6. The highest BCUT2D eigenvalue weighted by molar-refractivity contribution is 7.89. The van der Waals surface area contributed by atoms with Crippen molar-refractivity contribution in [2.24, 2.45) is 0 Å². The lowest BCUT2D eigenvalue weighted by Crippen LogP contribution is -2.51. The number of fused-ring (bicyclic) bond motifs is 1. The van der Waals surface area contributed by atoms with Gasteiger partial charge in [-0.1, -0.05) is 18.2 Å². The quantitative estimate of drug-likeness (QED) is 0.531. The van der Waals surface area contributed by atoms with Gasteiger partial charge in [0.2, 0.25) is 10.0 Å². The van der Waals surface area contributed by atoms with Crippen molar-refractivity contribution < 1.29 is 35.5 Å². The van der Waals surface area contributed by atoms with Crippen molar-refractivity contribution in [2.45, 2.75) is 11.3 Å². The molecule has 2 aromatic carbocycles. The Kier molecular flexibility index (Phi) is 5.89. The van der Waals surface area contributed by atoms with E-state index in [9.17, 15) is 31.2 Å². The first kappa shape index (κ1) is 22.8. The summed E-state index contributed by atoms with van der Waals surface area (Å²) in [5.41, 5.74) is -0.582. The molecule has 0 bridgehead atoms. The number of carbonyl (C=O) groups excluding carboxylic acids is 1. The number of hydrogen-bond donors (Lipinski definition) is 0. The molecule has 8 nitrogen and oxygen atoms in total. The number of piperazine rings is 1. The highest BCUT2D eigenvalue weighted by Gasteiger charge is 2.33. The third-order valence-electron chi connectivity index (χ3n) is 5.09. The number of para-hydroxylation sites is 1. The van der Waals surface area contributed by atoms with Crippen molar-refractivity contribution in [1.82, 2.24) is 9.21 Å². The van der Waals surface area contributed by atoms with E-state index in [0.717, 1.165) is 28.6 Å². The molecule has 1 aliphatic heterocycles. The van der Waals surface area contributed by atoms with Crippen molar-refractivity contribution in [1.29, 1.82) is 0 Å². The molecule has 0 saturated carbocycles. The van der Waals surface area contributed by atoms with Gasteiger partial charge in [0.05, 0.1) is 4.90 Å². The molecule has 1 amide bonds. The van der Waals surface area contributed by atoms with Crippen LogP contribution in [0, 0.1) is 0 Å². The number of ether oxygens (including phenoxy) is 1. The van der Waals surface area contributed by atoms with Crippen LogP contribution >= 0.6 is 0 Å². The summed E-state index contributed by atoms with van der Waals surface area (Å²) in [4.78, 5) is 26.2. The third-order valence-corrected chi connectivity index (χ3v) is 7.01. The number of amides is 1. The summed E-state index contributed by atoms with van der Waals surface area (Å²) >= 11 is 0. The van der Waals surface area contributed by atoms with Gasteiger partial charge >= 0.3 is 12.0 Å². The molecule has 2 heterocycles. The Labute approximate surface area is 185 Å². The Balaban J connectivity index is 1.45. The second kappa shape index (κ2) is 8.52. The number of sulfonamides is 1. The van der Waals surface area contributed by atoms with E-state index in [1.54, 1.807) is 24.3 Å². The minimum atomic E-state index is -4.88.